The average molecular weight is 400 g/mol. The second-order valence-electron chi connectivity index (χ2n) is 6.92. The Bertz CT molecular complexity index is 1120. The first kappa shape index (κ1) is 19.2. The molecule has 4 aromatic rings. The number of benzene rings is 3. The summed E-state index contributed by atoms with van der Waals surface area (Å²) in [5.41, 5.74) is 5.06. The smallest absolute Gasteiger partial charge is 0.196 e. The van der Waals surface area contributed by atoms with E-state index in [2.05, 4.69) is 60.4 Å². The van der Waals surface area contributed by atoms with Gasteiger partial charge in [0, 0.05) is 16.8 Å². The highest BCUT2D eigenvalue weighted by atomic mass is 32.2. The molecule has 0 aliphatic carbocycles. The molecule has 1 heterocycles. The Morgan fingerprint density at radius 2 is 1.45 bits per heavy atom. The van der Waals surface area contributed by atoms with Gasteiger partial charge in [0.25, 0.3) is 0 Å². The maximum Gasteiger partial charge on any atom is 0.196 e. The number of aryl methyl sites for hydroxylation is 2. The number of rotatable bonds is 6. The van der Waals surface area contributed by atoms with E-state index in [1.165, 1.54) is 22.9 Å². The summed E-state index contributed by atoms with van der Waals surface area (Å²) in [6.07, 6.45) is 0. The second kappa shape index (κ2) is 8.45. The topological polar surface area (TPSA) is 47.8 Å². The van der Waals surface area contributed by atoms with Crippen LogP contribution in [0.3, 0.4) is 0 Å². The summed E-state index contributed by atoms with van der Waals surface area (Å²) in [7, 11) is 0. The Balaban J connectivity index is 1.69. The lowest BCUT2D eigenvalue weighted by atomic mass is 10.1. The van der Waals surface area contributed by atoms with Gasteiger partial charge in [0.05, 0.1) is 5.75 Å². The molecule has 0 bridgehead atoms. The van der Waals surface area contributed by atoms with Gasteiger partial charge in [-0.15, -0.1) is 10.2 Å². The van der Waals surface area contributed by atoms with Crippen LogP contribution in [-0.2, 0) is 0 Å². The van der Waals surface area contributed by atoms with E-state index in [1.54, 1.807) is 0 Å². The Morgan fingerprint density at radius 3 is 2.10 bits per heavy atom. The zero-order valence-corrected chi connectivity index (χ0v) is 17.2. The van der Waals surface area contributed by atoms with Crippen molar-refractivity contribution in [3.8, 4) is 17.1 Å². The highest BCUT2D eigenvalue weighted by Gasteiger charge is 2.17. The summed E-state index contributed by atoms with van der Waals surface area (Å²) < 4.78 is 2.02. The number of nitrogens with zero attached hydrogens (tertiary/aromatic N) is 3. The lowest BCUT2D eigenvalue weighted by molar-refractivity contribution is 0.102. The molecule has 4 nitrogen and oxygen atoms in total. The van der Waals surface area contributed by atoms with Crippen molar-refractivity contribution in [2.45, 2.75) is 19.0 Å². The molecular weight excluding hydrogens is 378 g/mol. The SMILES string of the molecule is Cc1ccc(-c2nnc(SCC(=O)c3ccccc3)n2-c2ccc(C)cc2)cc1. The summed E-state index contributed by atoms with van der Waals surface area (Å²) in [6, 6.07) is 25.8. The van der Waals surface area contributed by atoms with Crippen LogP contribution >= 0.6 is 11.8 Å². The monoisotopic (exact) mass is 399 g/mol. The fourth-order valence-electron chi connectivity index (χ4n) is 3.02. The minimum Gasteiger partial charge on any atom is -0.293 e. The van der Waals surface area contributed by atoms with Crippen molar-refractivity contribution in [1.82, 2.24) is 14.8 Å². The van der Waals surface area contributed by atoms with Crippen molar-refractivity contribution in [1.29, 1.82) is 0 Å². The minimum absolute atomic E-state index is 0.0749. The zero-order valence-electron chi connectivity index (χ0n) is 16.4. The molecule has 0 N–H and O–H groups in total. The number of hydrogen-bond donors (Lipinski definition) is 0. The molecule has 0 saturated carbocycles. The zero-order chi connectivity index (χ0) is 20.2. The van der Waals surface area contributed by atoms with Gasteiger partial charge < -0.3 is 0 Å². The summed E-state index contributed by atoms with van der Waals surface area (Å²) in [5.74, 6) is 1.15. The number of aromatic nitrogens is 3. The molecule has 1 aromatic heterocycles. The normalized spacial score (nSPS) is 10.8. The van der Waals surface area contributed by atoms with Crippen LogP contribution in [0, 0.1) is 13.8 Å². The molecule has 0 atom stereocenters. The van der Waals surface area contributed by atoms with Crippen LogP contribution in [0.5, 0.6) is 0 Å². The predicted molar refractivity (Wildman–Crippen MR) is 118 cm³/mol. The third kappa shape index (κ3) is 4.30. The molecule has 0 spiro atoms. The Labute approximate surface area is 174 Å². The number of ketones is 1. The molecule has 5 heteroatoms. The maximum absolute atomic E-state index is 12.5. The van der Waals surface area contributed by atoms with Crippen LogP contribution in [0.15, 0.2) is 84.0 Å². The van der Waals surface area contributed by atoms with E-state index in [9.17, 15) is 4.79 Å². The van der Waals surface area contributed by atoms with Gasteiger partial charge in [-0.05, 0) is 26.0 Å². The highest BCUT2D eigenvalue weighted by Crippen LogP contribution is 2.28. The molecule has 3 aromatic carbocycles. The van der Waals surface area contributed by atoms with E-state index in [4.69, 9.17) is 0 Å². The first-order chi connectivity index (χ1) is 14.1. The standard InChI is InChI=1S/C24H21N3OS/c1-17-8-12-20(13-9-17)23-25-26-24(27(23)21-14-10-18(2)11-15-21)29-16-22(28)19-6-4-3-5-7-19/h3-15H,16H2,1-2H3. The fraction of sp³-hybridized carbons (Fsp3) is 0.125. The van der Waals surface area contributed by atoms with Gasteiger partial charge >= 0.3 is 0 Å². The number of Topliss-reactive ketones (excluding diaryl/α,β-unsaturated/α-hetero) is 1. The van der Waals surface area contributed by atoms with E-state index < -0.39 is 0 Å². The van der Waals surface area contributed by atoms with Gasteiger partial charge in [-0.25, -0.2) is 0 Å². The average Bonchev–Trinajstić information content (AvgIpc) is 3.17. The summed E-state index contributed by atoms with van der Waals surface area (Å²) in [5, 5.41) is 9.55. The van der Waals surface area contributed by atoms with Crippen molar-refractivity contribution >= 4 is 17.5 Å². The van der Waals surface area contributed by atoms with Crippen LogP contribution in [0.25, 0.3) is 17.1 Å². The molecule has 0 aliphatic heterocycles. The summed E-state index contributed by atoms with van der Waals surface area (Å²) >= 11 is 1.41. The van der Waals surface area contributed by atoms with Crippen LogP contribution in [0.2, 0.25) is 0 Å². The van der Waals surface area contributed by atoms with Crippen molar-refractivity contribution in [2.24, 2.45) is 0 Å². The summed E-state index contributed by atoms with van der Waals surface area (Å²) in [4.78, 5) is 12.5. The fourth-order valence-corrected chi connectivity index (χ4v) is 3.86. The van der Waals surface area contributed by atoms with Gasteiger partial charge in [0.15, 0.2) is 16.8 Å². The Morgan fingerprint density at radius 1 is 0.828 bits per heavy atom. The van der Waals surface area contributed by atoms with Gasteiger partial charge in [-0.2, -0.15) is 0 Å². The lowest BCUT2D eigenvalue weighted by Gasteiger charge is -2.11. The molecule has 144 valence electrons. The second-order valence-corrected chi connectivity index (χ2v) is 7.86. The van der Waals surface area contributed by atoms with E-state index in [0.29, 0.717) is 16.5 Å². The van der Waals surface area contributed by atoms with E-state index in [0.717, 1.165) is 17.1 Å². The van der Waals surface area contributed by atoms with Crippen molar-refractivity contribution in [2.75, 3.05) is 5.75 Å². The molecule has 4 rings (SSSR count). The van der Waals surface area contributed by atoms with Crippen molar-refractivity contribution in [3.05, 3.63) is 95.6 Å². The Kier molecular flexibility index (Phi) is 5.58. The van der Waals surface area contributed by atoms with Crippen LogP contribution in [0.1, 0.15) is 21.5 Å². The molecule has 0 saturated heterocycles. The van der Waals surface area contributed by atoms with Crippen molar-refractivity contribution < 1.29 is 4.79 Å². The molecule has 0 radical (unpaired) electrons. The largest absolute Gasteiger partial charge is 0.293 e. The van der Waals surface area contributed by atoms with Gasteiger partial charge in [-0.1, -0.05) is 89.6 Å². The first-order valence-electron chi connectivity index (χ1n) is 9.42. The third-order valence-corrected chi connectivity index (χ3v) is 5.59. The molecule has 0 aliphatic rings. The summed E-state index contributed by atoms with van der Waals surface area (Å²) in [6.45, 7) is 4.12. The van der Waals surface area contributed by atoms with Gasteiger partial charge in [0.2, 0.25) is 0 Å². The number of hydrogen-bond acceptors (Lipinski definition) is 4. The number of thioether (sulfide) groups is 1. The molecular formula is C24H21N3OS. The van der Waals surface area contributed by atoms with Crippen LogP contribution in [-0.4, -0.2) is 26.3 Å². The lowest BCUT2D eigenvalue weighted by Crippen LogP contribution is -2.05. The maximum atomic E-state index is 12.5. The van der Waals surface area contributed by atoms with Crippen molar-refractivity contribution in [3.63, 3.8) is 0 Å². The predicted octanol–water partition coefficient (Wildman–Crippen LogP) is 5.53. The van der Waals surface area contributed by atoms with E-state index >= 15 is 0 Å². The first-order valence-corrected chi connectivity index (χ1v) is 10.4. The van der Waals surface area contributed by atoms with Gasteiger partial charge in [-0.3, -0.25) is 9.36 Å². The quantitative estimate of drug-likeness (QED) is 0.316. The minimum atomic E-state index is 0.0749. The number of carbonyl (C=O) groups is 1. The van der Waals surface area contributed by atoms with E-state index in [-0.39, 0.29) is 5.78 Å². The third-order valence-electron chi connectivity index (χ3n) is 4.66. The molecule has 29 heavy (non-hydrogen) atoms. The molecule has 0 unspecified atom stereocenters. The van der Waals surface area contributed by atoms with Crippen LogP contribution < -0.4 is 0 Å². The van der Waals surface area contributed by atoms with Crippen LogP contribution in [0.4, 0.5) is 0 Å². The highest BCUT2D eigenvalue weighted by molar-refractivity contribution is 7.99. The Hall–Kier alpha value is -3.18. The number of carbonyl (C=O) groups excluding carboxylic acids is 1. The van der Waals surface area contributed by atoms with Gasteiger partial charge in [0.1, 0.15) is 0 Å². The molecule has 0 amide bonds. The van der Waals surface area contributed by atoms with E-state index in [1.807, 2.05) is 47.0 Å². The molecule has 0 fully saturated rings.